The van der Waals surface area contributed by atoms with Crippen molar-refractivity contribution in [1.29, 1.82) is 0 Å². The van der Waals surface area contributed by atoms with Crippen molar-refractivity contribution >= 4 is 5.69 Å². The van der Waals surface area contributed by atoms with Crippen molar-refractivity contribution in [1.82, 2.24) is 4.90 Å². The van der Waals surface area contributed by atoms with E-state index < -0.39 is 0 Å². The van der Waals surface area contributed by atoms with Crippen molar-refractivity contribution in [3.05, 3.63) is 39.9 Å². The Hall–Kier alpha value is -1.46. The zero-order valence-electron chi connectivity index (χ0n) is 9.17. The van der Waals surface area contributed by atoms with E-state index in [-0.39, 0.29) is 22.7 Å². The largest absolute Gasteiger partial charge is 0.326 e. The van der Waals surface area contributed by atoms with E-state index in [0.29, 0.717) is 0 Å². The third kappa shape index (κ3) is 1.91. The predicted molar refractivity (Wildman–Crippen MR) is 61.1 cm³/mol. The molecular weight excluding hydrogens is 206 g/mol. The number of benzene rings is 1. The molecule has 5 nitrogen and oxygen atoms in total. The van der Waals surface area contributed by atoms with Crippen LogP contribution in [-0.2, 0) is 0 Å². The maximum Gasteiger partial charge on any atom is 0.269 e. The average Bonchev–Trinajstić information content (AvgIpc) is 2.59. The summed E-state index contributed by atoms with van der Waals surface area (Å²) in [5.74, 6) is 0. The van der Waals surface area contributed by atoms with Crippen molar-refractivity contribution in [3.63, 3.8) is 0 Å². The van der Waals surface area contributed by atoms with Gasteiger partial charge in [0.2, 0.25) is 0 Å². The Morgan fingerprint density at radius 3 is 2.88 bits per heavy atom. The standard InChI is InChI=1S/C11H15N3O2/c1-13-6-5-10(12)11(13)8-3-2-4-9(7-8)14(15)16/h2-4,7,10-11H,5-6,12H2,1H3. The number of likely N-dealkylation sites (tertiary alicyclic amines) is 1. The second kappa shape index (κ2) is 4.19. The van der Waals surface area contributed by atoms with Crippen molar-refractivity contribution < 1.29 is 4.92 Å². The monoisotopic (exact) mass is 221 g/mol. The van der Waals surface area contributed by atoms with Gasteiger partial charge in [-0.05, 0) is 19.0 Å². The Kier molecular flexibility index (Phi) is 2.89. The van der Waals surface area contributed by atoms with Crippen LogP contribution in [0.1, 0.15) is 18.0 Å². The summed E-state index contributed by atoms with van der Waals surface area (Å²) in [4.78, 5) is 12.5. The Labute approximate surface area is 94.0 Å². The molecule has 1 saturated heterocycles. The highest BCUT2D eigenvalue weighted by Gasteiger charge is 2.30. The molecule has 2 N–H and O–H groups in total. The van der Waals surface area contributed by atoms with Gasteiger partial charge < -0.3 is 5.73 Å². The Bertz CT molecular complexity index is 398. The third-order valence-corrected chi connectivity index (χ3v) is 3.12. The highest BCUT2D eigenvalue weighted by atomic mass is 16.6. The quantitative estimate of drug-likeness (QED) is 0.603. The summed E-state index contributed by atoms with van der Waals surface area (Å²) in [6, 6.07) is 6.90. The Morgan fingerprint density at radius 2 is 2.31 bits per heavy atom. The predicted octanol–water partition coefficient (Wildman–Crippen LogP) is 1.30. The molecule has 2 rings (SSSR count). The minimum Gasteiger partial charge on any atom is -0.326 e. The molecular formula is C11H15N3O2. The van der Waals surface area contributed by atoms with E-state index >= 15 is 0 Å². The number of nitrogens with zero attached hydrogens (tertiary/aromatic N) is 2. The first-order chi connectivity index (χ1) is 7.59. The van der Waals surface area contributed by atoms with Gasteiger partial charge in [0.1, 0.15) is 0 Å². The SMILES string of the molecule is CN1CCC(N)C1c1cccc([N+](=O)[O-])c1. The summed E-state index contributed by atoms with van der Waals surface area (Å²) >= 11 is 0. The zero-order valence-corrected chi connectivity index (χ0v) is 9.17. The fraction of sp³-hybridized carbons (Fsp3) is 0.455. The molecule has 2 atom stereocenters. The van der Waals surface area contributed by atoms with Crippen LogP contribution >= 0.6 is 0 Å². The number of nitrogens with two attached hydrogens (primary N) is 1. The van der Waals surface area contributed by atoms with Crippen LogP contribution in [0.4, 0.5) is 5.69 Å². The first-order valence-corrected chi connectivity index (χ1v) is 5.30. The number of hydrogen-bond acceptors (Lipinski definition) is 4. The van der Waals surface area contributed by atoms with Crippen molar-refractivity contribution in [2.75, 3.05) is 13.6 Å². The summed E-state index contributed by atoms with van der Waals surface area (Å²) in [6.07, 6.45) is 0.934. The number of nitro benzene ring substituents is 1. The molecule has 1 heterocycles. The van der Waals surface area contributed by atoms with Crippen LogP contribution < -0.4 is 5.73 Å². The number of likely N-dealkylation sites (N-methyl/N-ethyl adjacent to an activating group) is 1. The Balaban J connectivity index is 2.32. The summed E-state index contributed by atoms with van der Waals surface area (Å²) < 4.78 is 0. The van der Waals surface area contributed by atoms with Gasteiger partial charge in [0.05, 0.1) is 4.92 Å². The molecule has 1 aromatic rings. The second-order valence-electron chi connectivity index (χ2n) is 4.23. The van der Waals surface area contributed by atoms with E-state index in [2.05, 4.69) is 4.90 Å². The lowest BCUT2D eigenvalue weighted by Crippen LogP contribution is -2.29. The number of hydrogen-bond donors (Lipinski definition) is 1. The molecule has 1 aliphatic heterocycles. The van der Waals surface area contributed by atoms with E-state index in [9.17, 15) is 10.1 Å². The van der Waals surface area contributed by atoms with E-state index in [0.717, 1.165) is 18.5 Å². The first kappa shape index (κ1) is 11.0. The molecule has 1 aliphatic rings. The summed E-state index contributed by atoms with van der Waals surface area (Å²) in [5, 5.41) is 10.7. The lowest BCUT2D eigenvalue weighted by Gasteiger charge is -2.22. The minimum absolute atomic E-state index is 0.0620. The fourth-order valence-corrected chi connectivity index (χ4v) is 2.30. The van der Waals surface area contributed by atoms with Gasteiger partial charge in [-0.2, -0.15) is 0 Å². The molecule has 0 spiro atoms. The van der Waals surface area contributed by atoms with Crippen LogP contribution in [0, 0.1) is 10.1 Å². The highest BCUT2D eigenvalue weighted by Crippen LogP contribution is 2.31. The molecule has 2 unspecified atom stereocenters. The van der Waals surface area contributed by atoms with Crippen LogP contribution in [0.25, 0.3) is 0 Å². The third-order valence-electron chi connectivity index (χ3n) is 3.12. The molecule has 0 bridgehead atoms. The molecule has 5 heteroatoms. The first-order valence-electron chi connectivity index (χ1n) is 5.30. The van der Waals surface area contributed by atoms with Gasteiger partial charge in [0, 0.05) is 30.8 Å². The lowest BCUT2D eigenvalue weighted by molar-refractivity contribution is -0.384. The van der Waals surface area contributed by atoms with Crippen LogP contribution in [-0.4, -0.2) is 29.5 Å². The molecule has 0 radical (unpaired) electrons. The average molecular weight is 221 g/mol. The van der Waals surface area contributed by atoms with Crippen LogP contribution in [0.15, 0.2) is 24.3 Å². The summed E-state index contributed by atoms with van der Waals surface area (Å²) in [7, 11) is 2.00. The van der Waals surface area contributed by atoms with Crippen molar-refractivity contribution in [2.24, 2.45) is 5.73 Å². The van der Waals surface area contributed by atoms with Gasteiger partial charge in [0.25, 0.3) is 5.69 Å². The van der Waals surface area contributed by atoms with Gasteiger partial charge >= 0.3 is 0 Å². The molecule has 0 aromatic heterocycles. The normalized spacial score (nSPS) is 25.9. The molecule has 0 saturated carbocycles. The van der Waals surface area contributed by atoms with Gasteiger partial charge in [-0.1, -0.05) is 12.1 Å². The Morgan fingerprint density at radius 1 is 1.56 bits per heavy atom. The fourth-order valence-electron chi connectivity index (χ4n) is 2.30. The molecule has 16 heavy (non-hydrogen) atoms. The van der Waals surface area contributed by atoms with Crippen molar-refractivity contribution in [2.45, 2.75) is 18.5 Å². The number of rotatable bonds is 2. The molecule has 1 aromatic carbocycles. The van der Waals surface area contributed by atoms with Gasteiger partial charge in [-0.3, -0.25) is 15.0 Å². The second-order valence-corrected chi connectivity index (χ2v) is 4.23. The molecule has 0 amide bonds. The van der Waals surface area contributed by atoms with E-state index in [4.69, 9.17) is 5.73 Å². The lowest BCUT2D eigenvalue weighted by atomic mass is 10.0. The van der Waals surface area contributed by atoms with Gasteiger partial charge in [-0.25, -0.2) is 0 Å². The molecule has 0 aliphatic carbocycles. The smallest absolute Gasteiger partial charge is 0.269 e. The van der Waals surface area contributed by atoms with Crippen molar-refractivity contribution in [3.8, 4) is 0 Å². The van der Waals surface area contributed by atoms with Crippen LogP contribution in [0.5, 0.6) is 0 Å². The van der Waals surface area contributed by atoms with Gasteiger partial charge in [-0.15, -0.1) is 0 Å². The number of nitro groups is 1. The van der Waals surface area contributed by atoms with Crippen LogP contribution in [0.3, 0.4) is 0 Å². The summed E-state index contributed by atoms with van der Waals surface area (Å²) in [5.41, 5.74) is 7.08. The summed E-state index contributed by atoms with van der Waals surface area (Å²) in [6.45, 7) is 0.939. The molecule has 1 fully saturated rings. The highest BCUT2D eigenvalue weighted by molar-refractivity contribution is 5.36. The van der Waals surface area contributed by atoms with Gasteiger partial charge in [0.15, 0.2) is 0 Å². The molecule has 86 valence electrons. The van der Waals surface area contributed by atoms with E-state index in [1.54, 1.807) is 12.1 Å². The van der Waals surface area contributed by atoms with Crippen LogP contribution in [0.2, 0.25) is 0 Å². The number of non-ortho nitro benzene ring substituents is 1. The van der Waals surface area contributed by atoms with E-state index in [1.165, 1.54) is 6.07 Å². The maximum absolute atomic E-state index is 10.7. The minimum atomic E-state index is -0.371. The van der Waals surface area contributed by atoms with E-state index in [1.807, 2.05) is 13.1 Å². The topological polar surface area (TPSA) is 72.4 Å². The maximum atomic E-state index is 10.7. The zero-order chi connectivity index (χ0) is 11.7.